The van der Waals surface area contributed by atoms with Gasteiger partial charge < -0.3 is 4.90 Å². The van der Waals surface area contributed by atoms with E-state index in [2.05, 4.69) is 71.6 Å². The Morgan fingerprint density at radius 3 is 2.00 bits per heavy atom. The van der Waals surface area contributed by atoms with Crippen LogP contribution in [0.25, 0.3) is 6.08 Å². The van der Waals surface area contributed by atoms with Crippen molar-refractivity contribution in [2.45, 2.75) is 6.54 Å². The van der Waals surface area contributed by atoms with Crippen LogP contribution in [-0.4, -0.2) is 26.0 Å². The second-order valence-corrected chi connectivity index (χ2v) is 10.8. The molecule has 0 bridgehead atoms. The van der Waals surface area contributed by atoms with Crippen LogP contribution in [0.4, 0.5) is 22.6 Å². The summed E-state index contributed by atoms with van der Waals surface area (Å²) in [7, 11) is 0. The molecule has 0 fully saturated rings. The van der Waals surface area contributed by atoms with Crippen LogP contribution in [0.1, 0.15) is 12.6 Å². The van der Waals surface area contributed by atoms with E-state index in [1.807, 2.05) is 0 Å². The molecule has 0 N–H and O–H groups in total. The van der Waals surface area contributed by atoms with Gasteiger partial charge in [0.05, 0.1) is 0 Å². The number of halogens is 6. The maximum absolute atomic E-state index is 11.2. The summed E-state index contributed by atoms with van der Waals surface area (Å²) in [6, 6.07) is 19.2. The minimum atomic E-state index is -11.2. The van der Waals surface area contributed by atoms with Crippen LogP contribution in [0.15, 0.2) is 60.7 Å². The third kappa shape index (κ3) is 7.77. The third-order valence-electron chi connectivity index (χ3n) is 3.12. The zero-order chi connectivity index (χ0) is 17.9. The van der Waals surface area contributed by atoms with E-state index in [0.29, 0.717) is 0 Å². The second kappa shape index (κ2) is 6.03. The molecule has 1 aliphatic heterocycles. The molecule has 0 saturated carbocycles. The number of benzene rings is 2. The Balaban J connectivity index is 0.000000339. The average molecular weight is 458 g/mol. The summed E-state index contributed by atoms with van der Waals surface area (Å²) in [5, 5.41) is 0. The van der Waals surface area contributed by atoms with E-state index in [1.54, 1.807) is 0 Å². The van der Waals surface area contributed by atoms with Crippen LogP contribution in [0, 0.1) is 0 Å². The number of anilines is 1. The fourth-order valence-corrected chi connectivity index (χ4v) is 2.28. The van der Waals surface area contributed by atoms with Crippen molar-refractivity contribution in [2.24, 2.45) is 0 Å². The zero-order valence-electron chi connectivity index (χ0n) is 13.4. The standard InChI is InChI=1S/C16H15N.6FH.Sb/c1-2-7-14(8-3-1)13-17-12-6-10-15-9-4-5-11-16(15)17;;;;;;;/h1-11H,12-13H2;6*1H;/q;;;;;;;+5/p-5. The molecule has 0 amide bonds. The monoisotopic (exact) mass is 457 g/mol. The molecule has 0 aliphatic carbocycles. The van der Waals surface area contributed by atoms with E-state index in [-0.39, 0.29) is 1.43 Å². The minimum Gasteiger partial charge on any atom is 1.00 e. The first-order valence-electron chi connectivity index (χ1n) is 6.99. The van der Waals surface area contributed by atoms with Crippen molar-refractivity contribution in [1.82, 2.24) is 0 Å². The van der Waals surface area contributed by atoms with Crippen molar-refractivity contribution >= 4 is 31.2 Å². The Morgan fingerprint density at radius 1 is 0.833 bits per heavy atom. The summed E-state index contributed by atoms with van der Waals surface area (Å²) in [6.07, 6.45) is 4.43. The second-order valence-electron chi connectivity index (χ2n) is 5.29. The molecule has 1 heterocycles. The van der Waals surface area contributed by atoms with E-state index in [0.717, 1.165) is 13.1 Å². The van der Waals surface area contributed by atoms with Crippen LogP contribution < -0.4 is 4.90 Å². The summed E-state index contributed by atoms with van der Waals surface area (Å²) in [4.78, 5) is 2.41. The first-order chi connectivity index (χ1) is 10.9. The largest absolute Gasteiger partial charge is 1.00 e. The fourth-order valence-electron chi connectivity index (χ4n) is 2.28. The Morgan fingerprint density at radius 2 is 1.38 bits per heavy atom. The topological polar surface area (TPSA) is 3.24 Å². The summed E-state index contributed by atoms with van der Waals surface area (Å²) in [5.41, 5.74) is 4.01. The zero-order valence-corrected chi connectivity index (χ0v) is 15.0. The molecule has 3 rings (SSSR count). The number of hydrogen-bond acceptors (Lipinski definition) is 1. The van der Waals surface area contributed by atoms with Gasteiger partial charge in [-0.3, -0.25) is 0 Å². The molecule has 1 nitrogen and oxygen atoms in total. The molecule has 0 saturated heterocycles. The SMILES string of the molecule is C1=Cc2ccccc2N(Cc2ccccc2)C1.[F][Sb-]([F])([F])([F])([F])[F].[H+]. The Hall–Kier alpha value is -1.62. The molecule has 0 atom stereocenters. The molecule has 132 valence electrons. The van der Waals surface area contributed by atoms with Gasteiger partial charge in [0.1, 0.15) is 0 Å². The summed E-state index contributed by atoms with van der Waals surface area (Å²) in [5.74, 6) is 0. The fraction of sp³-hybridized carbons (Fsp3) is 0.125. The Kier molecular flexibility index (Phi) is 4.70. The average Bonchev–Trinajstić information content (AvgIpc) is 2.46. The maximum Gasteiger partial charge on any atom is 1.00 e. The van der Waals surface area contributed by atoms with Crippen molar-refractivity contribution < 1.29 is 18.3 Å². The van der Waals surface area contributed by atoms with E-state index >= 15 is 0 Å². The molecular weight excluding hydrogens is 442 g/mol. The summed E-state index contributed by atoms with van der Waals surface area (Å²) in [6.45, 7) is 1.97. The Labute approximate surface area is 139 Å². The number of fused-ring (bicyclic) bond motifs is 1. The molecule has 0 spiro atoms. The van der Waals surface area contributed by atoms with Crippen LogP contribution in [0.5, 0.6) is 0 Å². The van der Waals surface area contributed by atoms with Crippen molar-refractivity contribution in [3.63, 3.8) is 0 Å². The van der Waals surface area contributed by atoms with Crippen molar-refractivity contribution in [2.75, 3.05) is 11.4 Å². The normalized spacial score (nSPS) is 16.3. The van der Waals surface area contributed by atoms with Gasteiger partial charge in [0.15, 0.2) is 0 Å². The molecule has 2 aromatic carbocycles. The van der Waals surface area contributed by atoms with E-state index in [4.69, 9.17) is 0 Å². The first-order valence-corrected chi connectivity index (χ1v) is 12.8. The van der Waals surface area contributed by atoms with E-state index < -0.39 is 19.5 Å². The molecule has 2 aromatic rings. The molecule has 1 aliphatic rings. The molecular formula is C16H16F6NSb. The van der Waals surface area contributed by atoms with E-state index in [9.17, 15) is 16.9 Å². The molecule has 8 heteroatoms. The minimum absolute atomic E-state index is 0. The van der Waals surface area contributed by atoms with Gasteiger partial charge in [0.2, 0.25) is 0 Å². The number of para-hydroxylation sites is 1. The van der Waals surface area contributed by atoms with Gasteiger partial charge in [0.25, 0.3) is 0 Å². The maximum atomic E-state index is 9.93. The number of nitrogens with zero attached hydrogens (tertiary/aromatic N) is 1. The van der Waals surface area contributed by atoms with Crippen LogP contribution in [-0.2, 0) is 6.54 Å². The quantitative estimate of drug-likeness (QED) is 0.396. The number of hydrogen-bond donors (Lipinski definition) is 0. The van der Waals surface area contributed by atoms with Gasteiger partial charge >= 0.3 is 37.8 Å². The molecule has 0 radical (unpaired) electrons. The summed E-state index contributed by atoms with van der Waals surface area (Å²) >= 11 is -11.2. The van der Waals surface area contributed by atoms with Gasteiger partial charge in [-0.25, -0.2) is 0 Å². The van der Waals surface area contributed by atoms with Gasteiger partial charge in [-0.15, -0.1) is 0 Å². The molecule has 0 unspecified atom stereocenters. The third-order valence-corrected chi connectivity index (χ3v) is 3.12. The smallest absolute Gasteiger partial charge is 1.00 e. The van der Waals surface area contributed by atoms with Crippen LogP contribution >= 0.6 is 0 Å². The molecule has 0 aromatic heterocycles. The summed E-state index contributed by atoms with van der Waals surface area (Å²) < 4.78 is 59.6. The van der Waals surface area contributed by atoms with Gasteiger partial charge in [-0.05, 0) is 17.2 Å². The predicted molar refractivity (Wildman–Crippen MR) is 86.5 cm³/mol. The van der Waals surface area contributed by atoms with Crippen LogP contribution in [0.2, 0.25) is 0 Å². The molecule has 24 heavy (non-hydrogen) atoms. The van der Waals surface area contributed by atoms with Gasteiger partial charge in [-0.2, -0.15) is 0 Å². The predicted octanol–water partition coefficient (Wildman–Crippen LogP) is 5.97. The Bertz CT molecular complexity index is 720. The van der Waals surface area contributed by atoms with Crippen LogP contribution in [0.3, 0.4) is 0 Å². The number of rotatable bonds is 2. The van der Waals surface area contributed by atoms with E-state index in [1.165, 1.54) is 16.8 Å². The van der Waals surface area contributed by atoms with Crippen molar-refractivity contribution in [1.29, 1.82) is 0 Å². The van der Waals surface area contributed by atoms with Gasteiger partial charge in [-0.1, -0.05) is 60.7 Å². The van der Waals surface area contributed by atoms with Gasteiger partial charge in [0, 0.05) is 18.8 Å². The van der Waals surface area contributed by atoms with Crippen molar-refractivity contribution in [3.05, 3.63) is 71.8 Å². The van der Waals surface area contributed by atoms with Crippen molar-refractivity contribution in [3.8, 4) is 0 Å². The first kappa shape index (κ1) is 18.7.